The third kappa shape index (κ3) is 4.53. The number of piperazine rings is 1. The van der Waals surface area contributed by atoms with Crippen LogP contribution in [0.3, 0.4) is 0 Å². The molecule has 0 N–H and O–H groups in total. The molecule has 6 nitrogen and oxygen atoms in total. The lowest BCUT2D eigenvalue weighted by molar-refractivity contribution is -0.132. The van der Waals surface area contributed by atoms with Gasteiger partial charge < -0.3 is 4.90 Å². The summed E-state index contributed by atoms with van der Waals surface area (Å²) in [6.45, 7) is 6.58. The van der Waals surface area contributed by atoms with E-state index in [1.54, 1.807) is 4.90 Å². The van der Waals surface area contributed by atoms with Crippen LogP contribution < -0.4 is 0 Å². The fraction of sp³-hybridized carbons (Fsp3) is 0.562. The number of carbonyl (C=O) groups excluding carboxylic acids is 1. The summed E-state index contributed by atoms with van der Waals surface area (Å²) in [4.78, 5) is 15.5. The molecule has 1 amide bonds. The van der Waals surface area contributed by atoms with Gasteiger partial charge in [0.2, 0.25) is 15.9 Å². The highest BCUT2D eigenvalue weighted by Gasteiger charge is 2.30. The molecule has 0 spiro atoms. The number of hydrogen-bond acceptors (Lipinski definition) is 4. The maximum atomic E-state index is 13.3. The van der Waals surface area contributed by atoms with Crippen molar-refractivity contribution in [2.45, 2.75) is 18.7 Å². The van der Waals surface area contributed by atoms with E-state index in [2.05, 4.69) is 0 Å². The fourth-order valence-corrected chi connectivity index (χ4v) is 4.22. The van der Waals surface area contributed by atoms with Crippen LogP contribution in [-0.2, 0) is 14.8 Å². The van der Waals surface area contributed by atoms with Crippen molar-refractivity contribution in [2.75, 3.05) is 45.8 Å². The van der Waals surface area contributed by atoms with Gasteiger partial charge in [-0.15, -0.1) is 0 Å². The van der Waals surface area contributed by atoms with Gasteiger partial charge in [0.1, 0.15) is 0 Å². The highest BCUT2D eigenvalue weighted by Crippen LogP contribution is 2.20. The molecule has 0 saturated carbocycles. The summed E-state index contributed by atoms with van der Waals surface area (Å²) in [5.74, 6) is -2.26. The molecular formula is C16H23F2N3O3S. The molecule has 25 heavy (non-hydrogen) atoms. The van der Waals surface area contributed by atoms with Crippen LogP contribution in [0, 0.1) is 11.6 Å². The molecule has 0 radical (unpaired) electrons. The number of halogens is 2. The first-order valence-electron chi connectivity index (χ1n) is 8.25. The van der Waals surface area contributed by atoms with Crippen LogP contribution in [0.5, 0.6) is 0 Å². The van der Waals surface area contributed by atoms with E-state index >= 15 is 0 Å². The topological polar surface area (TPSA) is 60.9 Å². The number of amides is 1. The summed E-state index contributed by atoms with van der Waals surface area (Å²) in [5, 5.41) is 0. The molecule has 1 aliphatic heterocycles. The Morgan fingerprint density at radius 3 is 2.20 bits per heavy atom. The molecule has 0 aromatic heterocycles. The molecule has 1 aliphatic rings. The Labute approximate surface area is 147 Å². The van der Waals surface area contributed by atoms with Crippen molar-refractivity contribution >= 4 is 15.9 Å². The zero-order valence-corrected chi connectivity index (χ0v) is 15.2. The van der Waals surface area contributed by atoms with E-state index in [4.69, 9.17) is 0 Å². The highest BCUT2D eigenvalue weighted by molar-refractivity contribution is 7.89. The summed E-state index contributed by atoms with van der Waals surface area (Å²) in [6.07, 6.45) is 0. The second-order valence-corrected chi connectivity index (χ2v) is 7.76. The average Bonchev–Trinajstić information content (AvgIpc) is 2.58. The molecule has 0 aliphatic carbocycles. The van der Waals surface area contributed by atoms with E-state index in [9.17, 15) is 22.0 Å². The van der Waals surface area contributed by atoms with Crippen LogP contribution >= 0.6 is 0 Å². The van der Waals surface area contributed by atoms with Gasteiger partial charge in [-0.05, 0) is 32.0 Å². The SMILES string of the molecule is CCN(CC)C(=O)CN1CCN(S(=O)(=O)c2ccc(F)c(F)c2)CC1. The van der Waals surface area contributed by atoms with Crippen LogP contribution in [0.1, 0.15) is 13.8 Å². The van der Waals surface area contributed by atoms with Crippen molar-refractivity contribution in [1.29, 1.82) is 0 Å². The van der Waals surface area contributed by atoms with Gasteiger partial charge in [-0.1, -0.05) is 0 Å². The van der Waals surface area contributed by atoms with Gasteiger partial charge >= 0.3 is 0 Å². The lowest BCUT2D eigenvalue weighted by Crippen LogP contribution is -2.51. The minimum Gasteiger partial charge on any atom is -0.342 e. The molecule has 1 aromatic carbocycles. The fourth-order valence-electron chi connectivity index (χ4n) is 2.78. The number of carbonyl (C=O) groups is 1. The van der Waals surface area contributed by atoms with E-state index in [1.165, 1.54) is 4.31 Å². The van der Waals surface area contributed by atoms with Crippen LogP contribution in [0.2, 0.25) is 0 Å². The van der Waals surface area contributed by atoms with Gasteiger partial charge in [-0.2, -0.15) is 4.31 Å². The van der Waals surface area contributed by atoms with Gasteiger partial charge in [-0.25, -0.2) is 17.2 Å². The van der Waals surface area contributed by atoms with Crippen molar-refractivity contribution in [3.8, 4) is 0 Å². The first-order chi connectivity index (χ1) is 11.8. The largest absolute Gasteiger partial charge is 0.342 e. The van der Waals surface area contributed by atoms with E-state index < -0.39 is 21.7 Å². The van der Waals surface area contributed by atoms with E-state index in [1.807, 2.05) is 18.7 Å². The van der Waals surface area contributed by atoms with Gasteiger partial charge in [0, 0.05) is 39.3 Å². The van der Waals surface area contributed by atoms with Crippen LogP contribution in [0.15, 0.2) is 23.1 Å². The van der Waals surface area contributed by atoms with Crippen molar-refractivity contribution < 1.29 is 22.0 Å². The third-order valence-corrected chi connectivity index (χ3v) is 6.23. The minimum absolute atomic E-state index is 0.0157. The van der Waals surface area contributed by atoms with Gasteiger partial charge in [0.15, 0.2) is 11.6 Å². The van der Waals surface area contributed by atoms with Crippen LogP contribution in [-0.4, -0.2) is 74.2 Å². The molecule has 1 saturated heterocycles. The Balaban J connectivity index is 1.99. The number of nitrogens with zero attached hydrogens (tertiary/aromatic N) is 3. The predicted molar refractivity (Wildman–Crippen MR) is 89.5 cm³/mol. The molecule has 2 rings (SSSR count). The van der Waals surface area contributed by atoms with Crippen molar-refractivity contribution in [3.63, 3.8) is 0 Å². The Morgan fingerprint density at radius 2 is 1.68 bits per heavy atom. The van der Waals surface area contributed by atoms with E-state index in [0.29, 0.717) is 32.2 Å². The van der Waals surface area contributed by atoms with Gasteiger partial charge in [0.05, 0.1) is 11.4 Å². The lowest BCUT2D eigenvalue weighted by Gasteiger charge is -2.34. The van der Waals surface area contributed by atoms with Gasteiger partial charge in [0.25, 0.3) is 0 Å². The molecule has 1 fully saturated rings. The molecule has 140 valence electrons. The Morgan fingerprint density at radius 1 is 1.08 bits per heavy atom. The molecule has 1 aromatic rings. The zero-order chi connectivity index (χ0) is 18.6. The third-order valence-electron chi connectivity index (χ3n) is 4.34. The Hall–Kier alpha value is -1.58. The number of rotatable bonds is 6. The summed E-state index contributed by atoms with van der Waals surface area (Å²) < 4.78 is 52.6. The second kappa shape index (κ2) is 8.20. The Kier molecular flexibility index (Phi) is 6.47. The highest BCUT2D eigenvalue weighted by atomic mass is 32.2. The smallest absolute Gasteiger partial charge is 0.243 e. The van der Waals surface area contributed by atoms with E-state index in [-0.39, 0.29) is 30.4 Å². The maximum absolute atomic E-state index is 13.3. The quantitative estimate of drug-likeness (QED) is 0.748. The monoisotopic (exact) mass is 375 g/mol. The molecular weight excluding hydrogens is 352 g/mol. The summed E-state index contributed by atoms with van der Waals surface area (Å²) >= 11 is 0. The number of hydrogen-bond donors (Lipinski definition) is 0. The number of sulfonamides is 1. The van der Waals surface area contributed by atoms with Gasteiger partial charge in [-0.3, -0.25) is 9.69 Å². The maximum Gasteiger partial charge on any atom is 0.243 e. The summed E-state index contributed by atoms with van der Waals surface area (Å²) in [6, 6.07) is 2.56. The molecule has 9 heteroatoms. The second-order valence-electron chi connectivity index (χ2n) is 5.82. The lowest BCUT2D eigenvalue weighted by atomic mass is 10.3. The predicted octanol–water partition coefficient (Wildman–Crippen LogP) is 1.14. The summed E-state index contributed by atoms with van der Waals surface area (Å²) in [5.41, 5.74) is 0. The number of benzene rings is 1. The molecule has 0 unspecified atom stereocenters. The average molecular weight is 375 g/mol. The standard InChI is InChI=1S/C16H23F2N3O3S/c1-3-20(4-2)16(22)12-19-7-9-21(10-8-19)25(23,24)13-5-6-14(17)15(18)11-13/h5-6,11H,3-4,7-10,12H2,1-2H3. The zero-order valence-electron chi connectivity index (χ0n) is 14.4. The van der Waals surface area contributed by atoms with Crippen LogP contribution in [0.25, 0.3) is 0 Å². The normalized spacial score (nSPS) is 16.8. The molecule has 0 bridgehead atoms. The van der Waals surface area contributed by atoms with Crippen molar-refractivity contribution in [1.82, 2.24) is 14.1 Å². The molecule has 0 atom stereocenters. The van der Waals surface area contributed by atoms with Crippen LogP contribution in [0.4, 0.5) is 8.78 Å². The first kappa shape index (κ1) is 19.7. The summed E-state index contributed by atoms with van der Waals surface area (Å²) in [7, 11) is -3.87. The number of likely N-dealkylation sites (N-methyl/N-ethyl adjacent to an activating group) is 1. The first-order valence-corrected chi connectivity index (χ1v) is 9.69. The van der Waals surface area contributed by atoms with E-state index in [0.717, 1.165) is 12.1 Å². The Bertz CT molecular complexity index is 715. The van der Waals surface area contributed by atoms with Crippen molar-refractivity contribution in [2.24, 2.45) is 0 Å². The van der Waals surface area contributed by atoms with Crippen molar-refractivity contribution in [3.05, 3.63) is 29.8 Å². The minimum atomic E-state index is -3.87. The molecule has 1 heterocycles.